The van der Waals surface area contributed by atoms with Crippen LogP contribution < -0.4 is 9.46 Å². The summed E-state index contributed by atoms with van der Waals surface area (Å²) in [4.78, 5) is -0.154. The van der Waals surface area contributed by atoms with Crippen LogP contribution in [-0.4, -0.2) is 27.2 Å². The minimum absolute atomic E-state index is 0.154. The van der Waals surface area contributed by atoms with Crippen molar-refractivity contribution in [2.24, 2.45) is 0 Å². The monoisotopic (exact) mass is 399 g/mol. The molecule has 0 aliphatic heterocycles. The van der Waals surface area contributed by atoms with Crippen LogP contribution in [0, 0.1) is 5.82 Å². The van der Waals surface area contributed by atoms with Gasteiger partial charge < -0.3 is 9.84 Å². The average Bonchev–Trinajstić information content (AvgIpc) is 2.62. The molecule has 0 saturated carbocycles. The summed E-state index contributed by atoms with van der Waals surface area (Å²) in [6, 6.07) is 8.53. The Hall–Kier alpha value is -1.67. The van der Waals surface area contributed by atoms with Crippen LogP contribution in [-0.2, 0) is 22.0 Å². The summed E-state index contributed by atoms with van der Waals surface area (Å²) in [7, 11) is -2.37. The van der Waals surface area contributed by atoms with E-state index in [9.17, 15) is 17.9 Å². The molecule has 2 N–H and O–H groups in total. The Morgan fingerprint density at radius 2 is 2.08 bits per heavy atom. The Balaban J connectivity index is 1.84. The van der Waals surface area contributed by atoms with Crippen molar-refractivity contribution in [1.29, 1.82) is 0 Å². The van der Waals surface area contributed by atoms with E-state index < -0.39 is 21.4 Å². The van der Waals surface area contributed by atoms with E-state index >= 15 is 0 Å². The summed E-state index contributed by atoms with van der Waals surface area (Å²) in [5.74, 6) is -0.00562. The topological polar surface area (TPSA) is 75.6 Å². The first-order valence-corrected chi connectivity index (χ1v) is 9.96. The molecule has 2 aromatic carbocycles. The number of sulfonamides is 1. The number of rotatable bonds is 5. The Morgan fingerprint density at radius 3 is 2.77 bits per heavy atom. The summed E-state index contributed by atoms with van der Waals surface area (Å²) < 4.78 is 45.8. The van der Waals surface area contributed by atoms with Crippen molar-refractivity contribution >= 4 is 21.6 Å². The average molecular weight is 400 g/mol. The molecule has 5 nitrogen and oxygen atoms in total. The van der Waals surface area contributed by atoms with Gasteiger partial charge in [-0.2, -0.15) is 0 Å². The second kappa shape index (κ2) is 7.15. The van der Waals surface area contributed by atoms with Gasteiger partial charge >= 0.3 is 0 Å². The first kappa shape index (κ1) is 19.1. The smallest absolute Gasteiger partial charge is 0.240 e. The molecule has 0 aromatic heterocycles. The van der Waals surface area contributed by atoms with E-state index in [1.54, 1.807) is 19.2 Å². The van der Waals surface area contributed by atoms with E-state index in [0.717, 1.165) is 36.6 Å². The zero-order chi connectivity index (χ0) is 18.9. The Morgan fingerprint density at radius 1 is 1.31 bits per heavy atom. The van der Waals surface area contributed by atoms with E-state index in [1.807, 2.05) is 6.07 Å². The van der Waals surface area contributed by atoms with Gasteiger partial charge in [0.2, 0.25) is 10.0 Å². The number of hydrogen-bond acceptors (Lipinski definition) is 4. The molecule has 0 radical (unpaired) electrons. The summed E-state index contributed by atoms with van der Waals surface area (Å²) in [5, 5.41) is 10.8. The first-order valence-electron chi connectivity index (χ1n) is 8.10. The van der Waals surface area contributed by atoms with Crippen molar-refractivity contribution in [2.75, 3.05) is 13.7 Å². The lowest BCUT2D eigenvalue weighted by Crippen LogP contribution is -2.42. The molecule has 3 rings (SSSR count). The maximum Gasteiger partial charge on any atom is 0.240 e. The number of hydrogen-bond donors (Lipinski definition) is 2. The molecule has 140 valence electrons. The number of aliphatic hydroxyl groups is 1. The maximum absolute atomic E-state index is 13.3. The van der Waals surface area contributed by atoms with Crippen molar-refractivity contribution in [1.82, 2.24) is 4.72 Å². The molecular formula is C18H19ClFNO4S. The van der Waals surface area contributed by atoms with Crippen LogP contribution >= 0.6 is 11.6 Å². The van der Waals surface area contributed by atoms with Crippen LogP contribution in [0.5, 0.6) is 5.75 Å². The third-order valence-corrected chi connectivity index (χ3v) is 6.29. The fourth-order valence-corrected chi connectivity index (χ4v) is 4.55. The molecule has 1 unspecified atom stereocenters. The van der Waals surface area contributed by atoms with Crippen molar-refractivity contribution in [3.8, 4) is 5.75 Å². The number of halogens is 2. The molecule has 0 bridgehead atoms. The minimum atomic E-state index is -3.94. The number of aryl methyl sites for hydroxylation is 1. The van der Waals surface area contributed by atoms with Crippen LogP contribution in [0.3, 0.4) is 0 Å². The first-order chi connectivity index (χ1) is 12.2. The molecule has 1 aliphatic rings. The number of benzene rings is 2. The fourth-order valence-electron chi connectivity index (χ4n) is 3.19. The molecule has 0 saturated heterocycles. The lowest BCUT2D eigenvalue weighted by atomic mass is 9.79. The maximum atomic E-state index is 13.3. The SMILES string of the molecule is COc1ccc2c(c1)CCCC2(O)CNS(=O)(=O)c1ccc(F)c(Cl)c1. The quantitative estimate of drug-likeness (QED) is 0.810. The molecule has 2 aromatic rings. The number of nitrogens with one attached hydrogen (secondary N) is 1. The van der Waals surface area contributed by atoms with Gasteiger partial charge in [0, 0.05) is 6.54 Å². The zero-order valence-corrected chi connectivity index (χ0v) is 15.7. The van der Waals surface area contributed by atoms with Crippen LogP contribution in [0.4, 0.5) is 4.39 Å². The van der Waals surface area contributed by atoms with Gasteiger partial charge in [0.05, 0.1) is 17.0 Å². The second-order valence-corrected chi connectivity index (χ2v) is 8.48. The minimum Gasteiger partial charge on any atom is -0.497 e. The van der Waals surface area contributed by atoms with E-state index in [1.165, 1.54) is 0 Å². The van der Waals surface area contributed by atoms with Gasteiger partial charge in [0.1, 0.15) is 17.2 Å². The summed E-state index contributed by atoms with van der Waals surface area (Å²) in [5.41, 5.74) is 0.294. The summed E-state index contributed by atoms with van der Waals surface area (Å²) in [6.45, 7) is -0.191. The Bertz CT molecular complexity index is 935. The highest BCUT2D eigenvalue weighted by atomic mass is 35.5. The van der Waals surface area contributed by atoms with Gasteiger partial charge in [-0.3, -0.25) is 0 Å². The van der Waals surface area contributed by atoms with E-state index in [-0.39, 0.29) is 16.5 Å². The number of methoxy groups -OCH3 is 1. The third-order valence-electron chi connectivity index (χ3n) is 4.61. The van der Waals surface area contributed by atoms with Gasteiger partial charge in [0.25, 0.3) is 0 Å². The van der Waals surface area contributed by atoms with Gasteiger partial charge in [0.15, 0.2) is 0 Å². The molecule has 0 fully saturated rings. The van der Waals surface area contributed by atoms with Gasteiger partial charge in [-0.1, -0.05) is 17.7 Å². The lowest BCUT2D eigenvalue weighted by Gasteiger charge is -2.34. The standard InChI is InChI=1S/C18H19ClFNO4S/c1-25-13-4-6-15-12(9-13)3-2-8-18(15,22)11-21-26(23,24)14-5-7-17(20)16(19)10-14/h4-7,9-10,21-22H,2-3,8,11H2,1H3. The summed E-state index contributed by atoms with van der Waals surface area (Å²) in [6.07, 6.45) is 1.94. The van der Waals surface area contributed by atoms with Gasteiger partial charge in [-0.25, -0.2) is 17.5 Å². The zero-order valence-electron chi connectivity index (χ0n) is 14.1. The van der Waals surface area contributed by atoms with Crippen molar-refractivity contribution in [3.05, 3.63) is 58.4 Å². The summed E-state index contributed by atoms with van der Waals surface area (Å²) >= 11 is 5.66. The van der Waals surface area contributed by atoms with E-state index in [0.29, 0.717) is 17.7 Å². The molecular weight excluding hydrogens is 381 g/mol. The van der Waals surface area contributed by atoms with Crippen LogP contribution in [0.2, 0.25) is 5.02 Å². The number of fused-ring (bicyclic) bond motifs is 1. The van der Waals surface area contributed by atoms with Crippen molar-refractivity contribution in [3.63, 3.8) is 0 Å². The molecule has 1 aliphatic carbocycles. The van der Waals surface area contributed by atoms with Gasteiger partial charge in [-0.15, -0.1) is 0 Å². The highest BCUT2D eigenvalue weighted by Gasteiger charge is 2.35. The molecule has 26 heavy (non-hydrogen) atoms. The molecule has 0 spiro atoms. The lowest BCUT2D eigenvalue weighted by molar-refractivity contribution is 0.0242. The molecule has 1 atom stereocenters. The normalized spacial score (nSPS) is 19.8. The van der Waals surface area contributed by atoms with Crippen LogP contribution in [0.15, 0.2) is 41.3 Å². The van der Waals surface area contributed by atoms with Gasteiger partial charge in [-0.05, 0) is 60.7 Å². The van der Waals surface area contributed by atoms with Crippen molar-refractivity contribution in [2.45, 2.75) is 29.8 Å². The molecule has 0 amide bonds. The molecule has 0 heterocycles. The van der Waals surface area contributed by atoms with Crippen LogP contribution in [0.25, 0.3) is 0 Å². The Labute approximate surface area is 156 Å². The van der Waals surface area contributed by atoms with Crippen LogP contribution in [0.1, 0.15) is 24.0 Å². The predicted molar refractivity (Wildman–Crippen MR) is 96.4 cm³/mol. The second-order valence-electron chi connectivity index (χ2n) is 6.31. The number of ether oxygens (including phenoxy) is 1. The third kappa shape index (κ3) is 3.71. The highest BCUT2D eigenvalue weighted by Crippen LogP contribution is 2.37. The fraction of sp³-hybridized carbons (Fsp3) is 0.333. The van der Waals surface area contributed by atoms with E-state index in [2.05, 4.69) is 4.72 Å². The highest BCUT2D eigenvalue weighted by molar-refractivity contribution is 7.89. The molecule has 8 heteroatoms. The largest absolute Gasteiger partial charge is 0.497 e. The van der Waals surface area contributed by atoms with E-state index in [4.69, 9.17) is 16.3 Å². The van der Waals surface area contributed by atoms with Crippen molar-refractivity contribution < 1.29 is 22.7 Å². The Kier molecular flexibility index (Phi) is 5.25. The predicted octanol–water partition coefficient (Wildman–Crippen LogP) is 2.99.